The largest absolute Gasteiger partial charge is 0.506 e. The number of carbonyl (C=O) groups is 2. The second-order valence-electron chi connectivity index (χ2n) is 8.86. The molecule has 0 bridgehead atoms. The second kappa shape index (κ2) is 11.1. The summed E-state index contributed by atoms with van der Waals surface area (Å²) in [6, 6.07) is 13.3. The van der Waals surface area contributed by atoms with Crippen molar-refractivity contribution in [3.8, 4) is 16.2 Å². The van der Waals surface area contributed by atoms with Crippen molar-refractivity contribution in [2.24, 2.45) is 5.10 Å². The summed E-state index contributed by atoms with van der Waals surface area (Å²) in [5.41, 5.74) is 8.32. The number of rotatable bonds is 7. The Morgan fingerprint density at radius 1 is 1.00 bits per heavy atom. The number of benzene rings is 1. The molecule has 3 N–H and O–H groups in total. The van der Waals surface area contributed by atoms with Gasteiger partial charge in [0.25, 0.3) is 11.8 Å². The molecule has 0 radical (unpaired) electrons. The van der Waals surface area contributed by atoms with Gasteiger partial charge in [0.2, 0.25) is 0 Å². The van der Waals surface area contributed by atoms with E-state index in [0.717, 1.165) is 40.2 Å². The van der Waals surface area contributed by atoms with E-state index in [-0.39, 0.29) is 11.7 Å². The Kier molecular flexibility index (Phi) is 7.43. The number of hydrogen-bond donors (Lipinski definition) is 3. The van der Waals surface area contributed by atoms with Crippen LogP contribution >= 0.6 is 22.7 Å². The molecule has 0 unspecified atom stereocenters. The van der Waals surface area contributed by atoms with Gasteiger partial charge < -0.3 is 10.4 Å². The summed E-state index contributed by atoms with van der Waals surface area (Å²) >= 11 is 2.55. The molecule has 188 valence electrons. The lowest BCUT2D eigenvalue weighted by atomic mass is 9.90. The van der Waals surface area contributed by atoms with Crippen LogP contribution in [0.2, 0.25) is 0 Å². The molecule has 5 rings (SSSR count). The van der Waals surface area contributed by atoms with E-state index in [1.165, 1.54) is 35.3 Å². The van der Waals surface area contributed by atoms with Gasteiger partial charge in [0, 0.05) is 24.3 Å². The summed E-state index contributed by atoms with van der Waals surface area (Å²) in [5, 5.41) is 19.8. The van der Waals surface area contributed by atoms with Gasteiger partial charge >= 0.3 is 0 Å². The maximum Gasteiger partial charge on any atom is 0.281 e. The fourth-order valence-corrected chi connectivity index (χ4v) is 6.10. The van der Waals surface area contributed by atoms with Crippen molar-refractivity contribution < 1.29 is 14.7 Å². The Hall–Kier alpha value is -3.82. The average Bonchev–Trinajstić information content (AvgIpc) is 3.58. The molecule has 4 aromatic rings. The van der Waals surface area contributed by atoms with Crippen LogP contribution in [0.1, 0.15) is 61.4 Å². The van der Waals surface area contributed by atoms with Gasteiger partial charge in [-0.3, -0.25) is 14.6 Å². The highest BCUT2D eigenvalue weighted by molar-refractivity contribution is 7.16. The van der Waals surface area contributed by atoms with E-state index in [4.69, 9.17) is 0 Å². The first-order valence-electron chi connectivity index (χ1n) is 12.0. The Balaban J connectivity index is 1.23. The molecular weight excluding hydrogens is 504 g/mol. The molecule has 0 saturated carbocycles. The third kappa shape index (κ3) is 5.63. The van der Waals surface area contributed by atoms with Crippen molar-refractivity contribution in [2.45, 2.75) is 39.2 Å². The Labute approximate surface area is 222 Å². The van der Waals surface area contributed by atoms with Crippen molar-refractivity contribution in [1.82, 2.24) is 15.7 Å². The van der Waals surface area contributed by atoms with Gasteiger partial charge in [0.15, 0.2) is 0 Å². The van der Waals surface area contributed by atoms with E-state index in [9.17, 15) is 14.7 Å². The third-order valence-electron chi connectivity index (χ3n) is 6.35. The molecule has 0 fully saturated rings. The molecule has 37 heavy (non-hydrogen) atoms. The molecule has 0 aliphatic heterocycles. The highest BCUT2D eigenvalue weighted by Gasteiger charge is 2.18. The Morgan fingerprint density at radius 3 is 2.51 bits per heavy atom. The number of aromatic hydroxyl groups is 1. The van der Waals surface area contributed by atoms with E-state index in [1.807, 2.05) is 17.5 Å². The van der Waals surface area contributed by atoms with E-state index in [0.29, 0.717) is 27.6 Å². The first-order valence-corrected chi connectivity index (χ1v) is 13.7. The van der Waals surface area contributed by atoms with Crippen LogP contribution in [-0.2, 0) is 19.4 Å². The highest BCUT2D eigenvalue weighted by atomic mass is 32.1. The van der Waals surface area contributed by atoms with Crippen LogP contribution in [0.15, 0.2) is 65.3 Å². The van der Waals surface area contributed by atoms with Crippen molar-refractivity contribution in [1.29, 1.82) is 0 Å². The number of thiophene rings is 2. The molecule has 2 amide bonds. The second-order valence-corrected chi connectivity index (χ2v) is 10.8. The zero-order valence-corrected chi connectivity index (χ0v) is 21.9. The minimum atomic E-state index is -0.415. The monoisotopic (exact) mass is 530 g/mol. The molecule has 1 aliphatic rings. The third-order valence-corrected chi connectivity index (χ3v) is 8.45. The van der Waals surface area contributed by atoms with Crippen LogP contribution in [-0.4, -0.2) is 27.6 Å². The van der Waals surface area contributed by atoms with Crippen molar-refractivity contribution >= 4 is 40.2 Å². The summed E-state index contributed by atoms with van der Waals surface area (Å²) in [7, 11) is 0. The molecule has 0 saturated heterocycles. The van der Waals surface area contributed by atoms with E-state index >= 15 is 0 Å². The Bertz CT molecular complexity index is 1470. The number of carbonyl (C=O) groups excluding carboxylic acids is 2. The van der Waals surface area contributed by atoms with Crippen LogP contribution < -0.4 is 10.7 Å². The first-order chi connectivity index (χ1) is 18.0. The minimum absolute atomic E-state index is 0.167. The number of amides is 2. The van der Waals surface area contributed by atoms with E-state index < -0.39 is 5.91 Å². The van der Waals surface area contributed by atoms with Gasteiger partial charge in [-0.15, -0.1) is 22.7 Å². The molecular formula is C28H26N4O3S2. The molecule has 1 aliphatic carbocycles. The number of pyridine rings is 1. The number of fused-ring (bicyclic) bond motifs is 1. The SMILES string of the molecule is C/C(=N\NC(=O)c1ccc(C(=O)NCc2ccncc2)s1)c1csc(-c2ccc3c(c2)CCCC3)c1O. The van der Waals surface area contributed by atoms with Gasteiger partial charge in [-0.2, -0.15) is 5.10 Å². The van der Waals surface area contributed by atoms with Gasteiger partial charge in [-0.25, -0.2) is 5.43 Å². The fraction of sp³-hybridized carbons (Fsp3) is 0.214. The number of nitrogens with zero attached hydrogens (tertiary/aromatic N) is 2. The first kappa shape index (κ1) is 24.9. The average molecular weight is 531 g/mol. The van der Waals surface area contributed by atoms with Crippen LogP contribution in [0.25, 0.3) is 10.4 Å². The number of nitrogens with one attached hydrogen (secondary N) is 2. The number of hydrazone groups is 1. The molecule has 3 aromatic heterocycles. The quantitative estimate of drug-likeness (QED) is 0.216. The predicted octanol–water partition coefficient (Wildman–Crippen LogP) is 5.54. The highest BCUT2D eigenvalue weighted by Crippen LogP contribution is 2.40. The molecule has 7 nitrogen and oxygen atoms in total. The summed E-state index contributed by atoms with van der Waals surface area (Å²) in [6.45, 7) is 2.12. The molecule has 0 spiro atoms. The van der Waals surface area contributed by atoms with Crippen molar-refractivity contribution in [2.75, 3.05) is 0 Å². The number of aromatic nitrogens is 1. The van der Waals surface area contributed by atoms with Gasteiger partial charge in [-0.05, 0) is 85.2 Å². The summed E-state index contributed by atoms with van der Waals surface area (Å²) < 4.78 is 0. The maximum absolute atomic E-state index is 12.6. The van der Waals surface area contributed by atoms with E-state index in [1.54, 1.807) is 31.5 Å². The lowest BCUT2D eigenvalue weighted by molar-refractivity contribution is 0.0950. The lowest BCUT2D eigenvalue weighted by Crippen LogP contribution is -2.21. The maximum atomic E-state index is 12.6. The lowest BCUT2D eigenvalue weighted by Gasteiger charge is -2.16. The zero-order valence-electron chi connectivity index (χ0n) is 20.3. The summed E-state index contributed by atoms with van der Waals surface area (Å²) in [6.07, 6.45) is 7.96. The van der Waals surface area contributed by atoms with Crippen LogP contribution in [0.5, 0.6) is 5.75 Å². The standard InChI is InChI=1S/C28H26N4O3S2/c1-17(22-16-36-26(25(22)33)21-7-6-19-4-2-3-5-20(19)14-21)31-32-28(35)24-9-8-23(37-24)27(34)30-15-18-10-12-29-13-11-18/h6-14,16,33H,2-5,15H2,1H3,(H,30,34)(H,32,35)/b31-17+. The number of hydrogen-bond acceptors (Lipinski definition) is 7. The molecule has 3 heterocycles. The molecule has 1 aromatic carbocycles. The van der Waals surface area contributed by atoms with Crippen molar-refractivity contribution in [3.05, 3.63) is 92.2 Å². The van der Waals surface area contributed by atoms with Crippen LogP contribution in [0.3, 0.4) is 0 Å². The van der Waals surface area contributed by atoms with E-state index in [2.05, 4.69) is 39.0 Å². The smallest absolute Gasteiger partial charge is 0.281 e. The topological polar surface area (TPSA) is 104 Å². The van der Waals surface area contributed by atoms with Gasteiger partial charge in [0.05, 0.1) is 25.9 Å². The number of aryl methyl sites for hydroxylation is 2. The van der Waals surface area contributed by atoms with Crippen LogP contribution in [0.4, 0.5) is 0 Å². The molecule has 9 heteroatoms. The summed E-state index contributed by atoms with van der Waals surface area (Å²) in [4.78, 5) is 30.6. The predicted molar refractivity (Wildman–Crippen MR) is 147 cm³/mol. The molecule has 0 atom stereocenters. The fourth-order valence-electron chi connectivity index (χ4n) is 4.29. The Morgan fingerprint density at radius 2 is 1.73 bits per heavy atom. The zero-order chi connectivity index (χ0) is 25.8. The van der Waals surface area contributed by atoms with Gasteiger partial charge in [-0.1, -0.05) is 12.1 Å². The normalized spacial score (nSPS) is 13.2. The van der Waals surface area contributed by atoms with Gasteiger partial charge in [0.1, 0.15) is 5.75 Å². The van der Waals surface area contributed by atoms with Crippen molar-refractivity contribution in [3.63, 3.8) is 0 Å². The summed E-state index contributed by atoms with van der Waals surface area (Å²) in [5.74, 6) is -0.499. The van der Waals surface area contributed by atoms with Crippen LogP contribution in [0, 0.1) is 0 Å². The minimum Gasteiger partial charge on any atom is -0.506 e.